The van der Waals surface area contributed by atoms with E-state index in [9.17, 15) is 4.79 Å². The standard InChI is InChI=1S/C17H25NO4/c1-20-12-10-14-7-5-6-11-18(14)17(19)13-22-16-9-4-3-8-15(16)21-2/h3-4,8-9,14H,5-7,10-13H2,1-2H3/t14-/m1/s1. The molecule has 0 unspecified atom stereocenters. The van der Waals surface area contributed by atoms with Gasteiger partial charge in [-0.05, 0) is 37.8 Å². The first-order valence-corrected chi connectivity index (χ1v) is 7.80. The molecule has 1 amide bonds. The van der Waals surface area contributed by atoms with Crippen molar-refractivity contribution in [3.63, 3.8) is 0 Å². The number of hydrogen-bond donors (Lipinski definition) is 0. The van der Waals surface area contributed by atoms with Crippen LogP contribution in [0.2, 0.25) is 0 Å². The molecule has 1 saturated heterocycles. The summed E-state index contributed by atoms with van der Waals surface area (Å²) in [7, 11) is 3.29. The van der Waals surface area contributed by atoms with Gasteiger partial charge in [0.25, 0.3) is 5.91 Å². The maximum atomic E-state index is 12.5. The largest absolute Gasteiger partial charge is 0.493 e. The van der Waals surface area contributed by atoms with Crippen molar-refractivity contribution in [1.29, 1.82) is 0 Å². The van der Waals surface area contributed by atoms with E-state index < -0.39 is 0 Å². The van der Waals surface area contributed by atoms with Crippen LogP contribution in [-0.4, -0.2) is 50.8 Å². The molecule has 0 spiro atoms. The lowest BCUT2D eigenvalue weighted by atomic mass is 9.99. The quantitative estimate of drug-likeness (QED) is 0.776. The highest BCUT2D eigenvalue weighted by molar-refractivity contribution is 5.78. The van der Waals surface area contributed by atoms with Crippen LogP contribution in [0.3, 0.4) is 0 Å². The molecule has 0 bridgehead atoms. The van der Waals surface area contributed by atoms with Gasteiger partial charge in [-0.2, -0.15) is 0 Å². The molecule has 1 aromatic rings. The molecule has 0 radical (unpaired) electrons. The van der Waals surface area contributed by atoms with Gasteiger partial charge in [0.05, 0.1) is 7.11 Å². The molecule has 1 aromatic carbocycles. The Balaban J connectivity index is 1.92. The van der Waals surface area contributed by atoms with Crippen LogP contribution >= 0.6 is 0 Å². The number of ether oxygens (including phenoxy) is 3. The molecule has 0 N–H and O–H groups in total. The molecular weight excluding hydrogens is 282 g/mol. The molecule has 22 heavy (non-hydrogen) atoms. The number of piperidine rings is 1. The molecule has 1 aliphatic rings. The average molecular weight is 307 g/mol. The van der Waals surface area contributed by atoms with Crippen LogP contribution < -0.4 is 9.47 Å². The fraction of sp³-hybridized carbons (Fsp3) is 0.588. The van der Waals surface area contributed by atoms with Gasteiger partial charge in [0.2, 0.25) is 0 Å². The third-order valence-electron chi connectivity index (χ3n) is 4.02. The van der Waals surface area contributed by atoms with Crippen molar-refractivity contribution in [2.75, 3.05) is 34.0 Å². The van der Waals surface area contributed by atoms with Crippen molar-refractivity contribution >= 4 is 5.91 Å². The van der Waals surface area contributed by atoms with E-state index in [1.807, 2.05) is 29.2 Å². The fourth-order valence-electron chi connectivity index (χ4n) is 2.84. The molecule has 1 fully saturated rings. The lowest BCUT2D eigenvalue weighted by molar-refractivity contribution is -0.137. The molecule has 2 rings (SSSR count). The van der Waals surface area contributed by atoms with Crippen LogP contribution in [-0.2, 0) is 9.53 Å². The van der Waals surface area contributed by atoms with Gasteiger partial charge in [-0.3, -0.25) is 4.79 Å². The predicted octanol–water partition coefficient (Wildman–Crippen LogP) is 2.49. The highest BCUT2D eigenvalue weighted by Gasteiger charge is 2.26. The predicted molar refractivity (Wildman–Crippen MR) is 84.3 cm³/mol. The van der Waals surface area contributed by atoms with E-state index in [4.69, 9.17) is 14.2 Å². The van der Waals surface area contributed by atoms with Crippen molar-refractivity contribution in [1.82, 2.24) is 4.90 Å². The summed E-state index contributed by atoms with van der Waals surface area (Å²) in [6.45, 7) is 1.54. The van der Waals surface area contributed by atoms with Crippen LogP contribution in [0.5, 0.6) is 11.5 Å². The number of carbonyl (C=O) groups excluding carboxylic acids is 1. The summed E-state index contributed by atoms with van der Waals surface area (Å²) >= 11 is 0. The van der Waals surface area contributed by atoms with E-state index in [-0.39, 0.29) is 18.6 Å². The van der Waals surface area contributed by atoms with E-state index in [0.29, 0.717) is 18.1 Å². The monoisotopic (exact) mass is 307 g/mol. The lowest BCUT2D eigenvalue weighted by Gasteiger charge is -2.35. The Morgan fingerprint density at radius 3 is 2.73 bits per heavy atom. The average Bonchev–Trinajstić information content (AvgIpc) is 2.58. The molecule has 0 aliphatic carbocycles. The van der Waals surface area contributed by atoms with Crippen LogP contribution in [0.15, 0.2) is 24.3 Å². The number of likely N-dealkylation sites (tertiary alicyclic amines) is 1. The van der Waals surface area contributed by atoms with Crippen molar-refractivity contribution < 1.29 is 19.0 Å². The number of benzene rings is 1. The Morgan fingerprint density at radius 1 is 1.23 bits per heavy atom. The number of para-hydroxylation sites is 2. The maximum absolute atomic E-state index is 12.5. The highest BCUT2D eigenvalue weighted by atomic mass is 16.5. The van der Waals surface area contributed by atoms with E-state index in [1.165, 1.54) is 6.42 Å². The lowest BCUT2D eigenvalue weighted by Crippen LogP contribution is -2.46. The molecule has 1 heterocycles. The molecular formula is C17H25NO4. The summed E-state index contributed by atoms with van der Waals surface area (Å²) in [5, 5.41) is 0. The Hall–Kier alpha value is -1.75. The van der Waals surface area contributed by atoms with E-state index in [2.05, 4.69) is 0 Å². The van der Waals surface area contributed by atoms with Gasteiger partial charge in [0.15, 0.2) is 18.1 Å². The minimum atomic E-state index is 0.0340. The zero-order valence-electron chi connectivity index (χ0n) is 13.4. The third-order valence-corrected chi connectivity index (χ3v) is 4.02. The maximum Gasteiger partial charge on any atom is 0.260 e. The van der Waals surface area contributed by atoms with Gasteiger partial charge in [0.1, 0.15) is 0 Å². The zero-order chi connectivity index (χ0) is 15.8. The minimum absolute atomic E-state index is 0.0340. The van der Waals surface area contributed by atoms with E-state index >= 15 is 0 Å². The van der Waals surface area contributed by atoms with Crippen LogP contribution in [0.1, 0.15) is 25.7 Å². The van der Waals surface area contributed by atoms with Gasteiger partial charge in [-0.25, -0.2) is 0 Å². The van der Waals surface area contributed by atoms with Gasteiger partial charge < -0.3 is 19.1 Å². The molecule has 5 nitrogen and oxygen atoms in total. The van der Waals surface area contributed by atoms with Gasteiger partial charge in [-0.1, -0.05) is 12.1 Å². The topological polar surface area (TPSA) is 48.0 Å². The second kappa shape index (κ2) is 8.63. The number of nitrogens with zero attached hydrogens (tertiary/aromatic N) is 1. The summed E-state index contributed by atoms with van der Waals surface area (Å²) in [6, 6.07) is 7.64. The third kappa shape index (κ3) is 4.37. The Labute approximate surface area is 132 Å². The first kappa shape index (κ1) is 16.6. The number of carbonyl (C=O) groups is 1. The summed E-state index contributed by atoms with van der Waals surface area (Å²) in [5.74, 6) is 1.28. The van der Waals surface area contributed by atoms with Crippen molar-refractivity contribution in [2.45, 2.75) is 31.7 Å². The molecule has 1 atom stereocenters. The van der Waals surface area contributed by atoms with Gasteiger partial charge in [0, 0.05) is 26.3 Å². The second-order valence-corrected chi connectivity index (χ2v) is 5.46. The number of hydrogen-bond acceptors (Lipinski definition) is 4. The first-order valence-electron chi connectivity index (χ1n) is 7.80. The van der Waals surface area contributed by atoms with Crippen LogP contribution in [0.4, 0.5) is 0 Å². The van der Waals surface area contributed by atoms with Gasteiger partial charge >= 0.3 is 0 Å². The van der Waals surface area contributed by atoms with Crippen molar-refractivity contribution in [3.8, 4) is 11.5 Å². The number of methoxy groups -OCH3 is 2. The summed E-state index contributed by atoms with van der Waals surface area (Å²) < 4.78 is 16.0. The van der Waals surface area contributed by atoms with Crippen molar-refractivity contribution in [2.24, 2.45) is 0 Å². The fourth-order valence-corrected chi connectivity index (χ4v) is 2.84. The van der Waals surface area contributed by atoms with Crippen LogP contribution in [0, 0.1) is 0 Å². The van der Waals surface area contributed by atoms with E-state index in [0.717, 1.165) is 25.8 Å². The highest BCUT2D eigenvalue weighted by Crippen LogP contribution is 2.26. The number of rotatable bonds is 7. The first-order chi connectivity index (χ1) is 10.8. The Morgan fingerprint density at radius 2 is 2.00 bits per heavy atom. The van der Waals surface area contributed by atoms with Gasteiger partial charge in [-0.15, -0.1) is 0 Å². The summed E-state index contributed by atoms with van der Waals surface area (Å²) in [5.41, 5.74) is 0. The van der Waals surface area contributed by atoms with Crippen LogP contribution in [0.25, 0.3) is 0 Å². The molecule has 0 saturated carbocycles. The second-order valence-electron chi connectivity index (χ2n) is 5.46. The number of amides is 1. The Kier molecular flexibility index (Phi) is 6.52. The van der Waals surface area contributed by atoms with Crippen molar-refractivity contribution in [3.05, 3.63) is 24.3 Å². The zero-order valence-corrected chi connectivity index (χ0v) is 13.4. The summed E-state index contributed by atoms with van der Waals surface area (Å²) in [4.78, 5) is 14.4. The normalized spacial score (nSPS) is 18.1. The smallest absolute Gasteiger partial charge is 0.260 e. The minimum Gasteiger partial charge on any atom is -0.493 e. The molecule has 5 heteroatoms. The Bertz CT molecular complexity index is 477. The van der Waals surface area contributed by atoms with E-state index in [1.54, 1.807) is 14.2 Å². The SMILES string of the molecule is COCC[C@H]1CCCCN1C(=O)COc1ccccc1OC. The molecule has 122 valence electrons. The molecule has 0 aromatic heterocycles. The summed E-state index contributed by atoms with van der Waals surface area (Å²) in [6.07, 6.45) is 4.16. The molecule has 1 aliphatic heterocycles.